The largest absolute Gasteiger partial charge is 0.444 e. The van der Waals surface area contributed by atoms with Gasteiger partial charge in [0.15, 0.2) is 0 Å². The molecular formula is C18H12N4O4. The van der Waals surface area contributed by atoms with E-state index < -0.39 is 4.92 Å². The summed E-state index contributed by atoms with van der Waals surface area (Å²) in [6.45, 7) is 0.190. The topological polar surface area (TPSA) is 104 Å². The molecule has 0 fully saturated rings. The summed E-state index contributed by atoms with van der Waals surface area (Å²) in [5.41, 5.74) is 1.30. The van der Waals surface area contributed by atoms with Crippen LogP contribution < -0.4 is 5.56 Å². The van der Waals surface area contributed by atoms with Crippen LogP contribution in [-0.2, 0) is 6.54 Å². The lowest BCUT2D eigenvalue weighted by Gasteiger charge is -2.04. The van der Waals surface area contributed by atoms with Crippen LogP contribution in [0.5, 0.6) is 0 Å². The van der Waals surface area contributed by atoms with Gasteiger partial charge in [0, 0.05) is 17.7 Å². The van der Waals surface area contributed by atoms with Crippen LogP contribution in [0.2, 0.25) is 0 Å². The van der Waals surface area contributed by atoms with E-state index in [1.165, 1.54) is 35.4 Å². The fourth-order valence-corrected chi connectivity index (χ4v) is 2.64. The molecule has 4 rings (SSSR count). The van der Waals surface area contributed by atoms with Crippen molar-refractivity contribution in [2.75, 3.05) is 0 Å². The Bertz CT molecular complexity index is 1160. The maximum Gasteiger partial charge on any atom is 0.271 e. The van der Waals surface area contributed by atoms with Crippen molar-refractivity contribution in [3.8, 4) is 11.5 Å². The van der Waals surface area contributed by atoms with E-state index in [0.29, 0.717) is 17.0 Å². The molecule has 0 aliphatic rings. The first-order valence-electron chi connectivity index (χ1n) is 7.75. The van der Waals surface area contributed by atoms with Crippen molar-refractivity contribution in [3.05, 3.63) is 87.3 Å². The highest BCUT2D eigenvalue weighted by molar-refractivity contribution is 5.79. The Labute approximate surface area is 146 Å². The fourth-order valence-electron chi connectivity index (χ4n) is 2.64. The molecule has 2 heterocycles. The van der Waals surface area contributed by atoms with Gasteiger partial charge in [0.1, 0.15) is 6.26 Å². The van der Waals surface area contributed by atoms with Crippen LogP contribution in [0.4, 0.5) is 5.69 Å². The number of nitro groups is 1. The second-order valence-corrected chi connectivity index (χ2v) is 5.65. The molecule has 2 aromatic carbocycles. The molecule has 0 N–H and O–H groups in total. The average molecular weight is 348 g/mol. The molecule has 0 saturated heterocycles. The van der Waals surface area contributed by atoms with Gasteiger partial charge in [-0.1, -0.05) is 18.2 Å². The van der Waals surface area contributed by atoms with E-state index >= 15 is 0 Å². The summed E-state index contributed by atoms with van der Waals surface area (Å²) in [6.07, 6.45) is 2.85. The Hall–Kier alpha value is -3.81. The molecule has 0 aliphatic carbocycles. The first-order valence-corrected chi connectivity index (χ1v) is 7.75. The number of hydrogen-bond donors (Lipinski definition) is 0. The number of oxazole rings is 1. The predicted molar refractivity (Wildman–Crippen MR) is 93.7 cm³/mol. The number of non-ortho nitro benzene ring substituents is 1. The monoisotopic (exact) mass is 348 g/mol. The number of aromatic nitrogens is 3. The highest BCUT2D eigenvalue weighted by Crippen LogP contribution is 2.19. The maximum absolute atomic E-state index is 12.6. The van der Waals surface area contributed by atoms with E-state index in [4.69, 9.17) is 4.42 Å². The summed E-state index contributed by atoms with van der Waals surface area (Å²) < 4.78 is 6.86. The second kappa shape index (κ2) is 6.25. The molecule has 128 valence electrons. The Kier molecular flexibility index (Phi) is 3.77. The van der Waals surface area contributed by atoms with Gasteiger partial charge >= 0.3 is 0 Å². The van der Waals surface area contributed by atoms with Crippen LogP contribution in [0.1, 0.15) is 5.69 Å². The Morgan fingerprint density at radius 2 is 1.96 bits per heavy atom. The molecule has 26 heavy (non-hydrogen) atoms. The summed E-state index contributed by atoms with van der Waals surface area (Å²) in [7, 11) is 0. The molecule has 8 nitrogen and oxygen atoms in total. The van der Waals surface area contributed by atoms with Crippen molar-refractivity contribution in [2.45, 2.75) is 6.54 Å². The van der Waals surface area contributed by atoms with Crippen molar-refractivity contribution < 1.29 is 9.34 Å². The lowest BCUT2D eigenvalue weighted by Crippen LogP contribution is -2.21. The Morgan fingerprint density at radius 1 is 1.15 bits per heavy atom. The Morgan fingerprint density at radius 3 is 2.73 bits per heavy atom. The van der Waals surface area contributed by atoms with Crippen LogP contribution in [0, 0.1) is 10.1 Å². The number of nitrogens with zero attached hydrogens (tertiary/aromatic N) is 4. The molecule has 0 unspecified atom stereocenters. The van der Waals surface area contributed by atoms with Gasteiger partial charge in [0.25, 0.3) is 11.2 Å². The van der Waals surface area contributed by atoms with Gasteiger partial charge in [-0.15, -0.1) is 0 Å². The first kappa shape index (κ1) is 15.7. The van der Waals surface area contributed by atoms with E-state index in [1.54, 1.807) is 0 Å². The van der Waals surface area contributed by atoms with Gasteiger partial charge in [-0.2, -0.15) is 0 Å². The van der Waals surface area contributed by atoms with Gasteiger partial charge in [0.2, 0.25) is 5.89 Å². The van der Waals surface area contributed by atoms with E-state index in [0.717, 1.165) is 5.56 Å². The Balaban J connectivity index is 1.67. The molecule has 0 aliphatic heterocycles. The molecule has 4 aromatic rings. The van der Waals surface area contributed by atoms with Crippen LogP contribution in [0.15, 0.2) is 70.3 Å². The van der Waals surface area contributed by atoms with Crippen LogP contribution in [0.25, 0.3) is 22.4 Å². The molecule has 0 amide bonds. The quantitative estimate of drug-likeness (QED) is 0.415. The van der Waals surface area contributed by atoms with Gasteiger partial charge in [-0.3, -0.25) is 19.5 Å². The third-order valence-corrected chi connectivity index (χ3v) is 3.92. The van der Waals surface area contributed by atoms with E-state index in [-0.39, 0.29) is 23.3 Å². The molecule has 0 saturated carbocycles. The van der Waals surface area contributed by atoms with E-state index in [2.05, 4.69) is 9.97 Å². The normalized spacial score (nSPS) is 10.9. The van der Waals surface area contributed by atoms with Crippen molar-refractivity contribution in [1.29, 1.82) is 0 Å². The first-order chi connectivity index (χ1) is 12.6. The molecule has 0 bridgehead atoms. The number of rotatable bonds is 4. The lowest BCUT2D eigenvalue weighted by molar-refractivity contribution is -0.384. The number of hydrogen-bond acceptors (Lipinski definition) is 6. The highest BCUT2D eigenvalue weighted by atomic mass is 16.6. The standard InChI is InChI=1S/C18H12N4O4/c23-18-15-7-6-14(22(24)25)8-16(15)19-11-21(18)9-13-10-26-17(20-13)12-4-2-1-3-5-12/h1-8,10-11H,9H2. The van der Waals surface area contributed by atoms with Crippen molar-refractivity contribution in [2.24, 2.45) is 0 Å². The third kappa shape index (κ3) is 2.84. The predicted octanol–water partition coefficient (Wildman–Crippen LogP) is 3.01. The van der Waals surface area contributed by atoms with Crippen LogP contribution in [-0.4, -0.2) is 19.5 Å². The lowest BCUT2D eigenvalue weighted by atomic mass is 10.2. The van der Waals surface area contributed by atoms with Crippen LogP contribution >= 0.6 is 0 Å². The minimum absolute atomic E-state index is 0.105. The van der Waals surface area contributed by atoms with Gasteiger partial charge < -0.3 is 4.42 Å². The summed E-state index contributed by atoms with van der Waals surface area (Å²) >= 11 is 0. The minimum Gasteiger partial charge on any atom is -0.444 e. The molecule has 2 aromatic heterocycles. The molecule has 8 heteroatoms. The zero-order valence-corrected chi connectivity index (χ0v) is 13.4. The molecule has 0 radical (unpaired) electrons. The molecule has 0 atom stereocenters. The average Bonchev–Trinajstić information content (AvgIpc) is 3.13. The number of benzene rings is 2. The zero-order chi connectivity index (χ0) is 18.1. The molecular weight excluding hydrogens is 336 g/mol. The smallest absolute Gasteiger partial charge is 0.271 e. The number of fused-ring (bicyclic) bond motifs is 1. The summed E-state index contributed by atoms with van der Waals surface area (Å²) in [5, 5.41) is 11.1. The number of nitro benzene ring substituents is 1. The summed E-state index contributed by atoms with van der Waals surface area (Å²) in [6, 6.07) is 13.4. The fraction of sp³-hybridized carbons (Fsp3) is 0.0556. The van der Waals surface area contributed by atoms with Gasteiger partial charge in [0.05, 0.1) is 34.4 Å². The highest BCUT2D eigenvalue weighted by Gasteiger charge is 2.12. The SMILES string of the molecule is O=c1c2ccc([N+](=O)[O-])cc2ncn1Cc1coc(-c2ccccc2)n1. The third-order valence-electron chi connectivity index (χ3n) is 3.92. The van der Waals surface area contributed by atoms with Gasteiger partial charge in [-0.25, -0.2) is 9.97 Å². The maximum atomic E-state index is 12.6. The van der Waals surface area contributed by atoms with Crippen molar-refractivity contribution in [3.63, 3.8) is 0 Å². The summed E-state index contributed by atoms with van der Waals surface area (Å²) in [5.74, 6) is 0.470. The zero-order valence-electron chi connectivity index (χ0n) is 13.4. The van der Waals surface area contributed by atoms with Crippen molar-refractivity contribution >= 4 is 16.6 Å². The van der Waals surface area contributed by atoms with Crippen molar-refractivity contribution in [1.82, 2.24) is 14.5 Å². The second-order valence-electron chi connectivity index (χ2n) is 5.65. The van der Waals surface area contributed by atoms with Crippen LogP contribution in [0.3, 0.4) is 0 Å². The van der Waals surface area contributed by atoms with Gasteiger partial charge in [-0.05, 0) is 18.2 Å². The van der Waals surface area contributed by atoms with E-state index in [1.807, 2.05) is 30.3 Å². The summed E-state index contributed by atoms with van der Waals surface area (Å²) in [4.78, 5) is 31.4. The molecule has 0 spiro atoms. The van der Waals surface area contributed by atoms with E-state index in [9.17, 15) is 14.9 Å². The minimum atomic E-state index is -0.521.